The van der Waals surface area contributed by atoms with E-state index in [0.717, 1.165) is 21.8 Å². The van der Waals surface area contributed by atoms with Crippen molar-refractivity contribution in [3.63, 3.8) is 0 Å². The van der Waals surface area contributed by atoms with Gasteiger partial charge in [0, 0.05) is 5.56 Å². The number of methoxy groups -OCH3 is 1. The summed E-state index contributed by atoms with van der Waals surface area (Å²) >= 11 is 0. The number of nitrogens with zero attached hydrogens (tertiary/aromatic N) is 2. The molecular formula is C27H31N3O5. The highest BCUT2D eigenvalue weighted by atomic mass is 16.5. The normalized spacial score (nSPS) is 20.8. The molecule has 0 spiro atoms. The molecule has 0 bridgehead atoms. The number of nitrogens with one attached hydrogen (secondary N) is 1. The molecule has 8 heteroatoms. The molecular weight excluding hydrogens is 446 g/mol. The van der Waals surface area contributed by atoms with E-state index in [-0.39, 0.29) is 12.5 Å². The zero-order chi connectivity index (χ0) is 25.5. The molecule has 2 heterocycles. The Morgan fingerprint density at radius 1 is 1.03 bits per heavy atom. The molecule has 0 saturated carbocycles. The van der Waals surface area contributed by atoms with Gasteiger partial charge in [-0.15, -0.1) is 0 Å². The Hall–Kier alpha value is -3.81. The fraction of sp³-hybridized carbons (Fsp3) is 0.370. The van der Waals surface area contributed by atoms with Gasteiger partial charge in [0.1, 0.15) is 23.6 Å². The number of benzene rings is 2. The zero-order valence-electron chi connectivity index (χ0n) is 21.0. The molecule has 8 nitrogen and oxygen atoms in total. The largest absolute Gasteiger partial charge is 0.497 e. The van der Waals surface area contributed by atoms with Crippen LogP contribution >= 0.6 is 0 Å². The van der Waals surface area contributed by atoms with Gasteiger partial charge in [0.15, 0.2) is 0 Å². The average molecular weight is 478 g/mol. The molecule has 1 fully saturated rings. The van der Waals surface area contributed by atoms with Crippen LogP contribution in [0.4, 0.5) is 10.5 Å². The van der Waals surface area contributed by atoms with Crippen LogP contribution in [0, 0.1) is 0 Å². The molecule has 1 saturated heterocycles. The second-order valence-electron chi connectivity index (χ2n) is 9.50. The van der Waals surface area contributed by atoms with Crippen molar-refractivity contribution in [1.29, 1.82) is 0 Å². The van der Waals surface area contributed by atoms with E-state index >= 15 is 0 Å². The number of ether oxygens (including phenoxy) is 2. The van der Waals surface area contributed by atoms with Crippen LogP contribution in [0.2, 0.25) is 0 Å². The molecule has 184 valence electrons. The standard InChI is InChI=1S/C27H31N3O5/c1-7-35-20-12-13-22-21(14-20)17(2)15-26(3,4)30(22)23(31)16-29-24(32)27(5,28-25(29)33)18-8-10-19(34-6)11-9-18/h8-15H,7,16H2,1-6H3,(H,28,33). The summed E-state index contributed by atoms with van der Waals surface area (Å²) in [6, 6.07) is 11.9. The summed E-state index contributed by atoms with van der Waals surface area (Å²) in [5, 5.41) is 2.76. The van der Waals surface area contributed by atoms with Crippen LogP contribution < -0.4 is 19.7 Å². The van der Waals surface area contributed by atoms with Crippen LogP contribution in [0.25, 0.3) is 5.57 Å². The second-order valence-corrected chi connectivity index (χ2v) is 9.50. The van der Waals surface area contributed by atoms with Crippen LogP contribution in [0.15, 0.2) is 48.5 Å². The molecule has 1 atom stereocenters. The first-order valence-corrected chi connectivity index (χ1v) is 11.6. The molecule has 35 heavy (non-hydrogen) atoms. The fourth-order valence-electron chi connectivity index (χ4n) is 4.89. The van der Waals surface area contributed by atoms with Crippen molar-refractivity contribution in [2.24, 2.45) is 0 Å². The smallest absolute Gasteiger partial charge is 0.325 e. The first-order chi connectivity index (χ1) is 16.5. The lowest BCUT2D eigenvalue weighted by Crippen LogP contribution is -2.53. The predicted octanol–water partition coefficient (Wildman–Crippen LogP) is 4.09. The molecule has 4 rings (SSSR count). The number of imide groups is 1. The van der Waals surface area contributed by atoms with E-state index in [4.69, 9.17) is 9.47 Å². The lowest BCUT2D eigenvalue weighted by Gasteiger charge is -2.42. The number of hydrogen-bond donors (Lipinski definition) is 1. The molecule has 1 N–H and O–H groups in total. The quantitative estimate of drug-likeness (QED) is 0.633. The van der Waals surface area contributed by atoms with Crippen LogP contribution in [0.5, 0.6) is 11.5 Å². The van der Waals surface area contributed by atoms with Gasteiger partial charge >= 0.3 is 6.03 Å². The number of rotatable bonds is 6. The Bertz CT molecular complexity index is 1220. The van der Waals surface area contributed by atoms with Crippen molar-refractivity contribution in [3.05, 3.63) is 59.7 Å². The lowest BCUT2D eigenvalue weighted by atomic mass is 9.88. The van der Waals surface area contributed by atoms with Crippen LogP contribution in [0.1, 0.15) is 45.7 Å². The second kappa shape index (κ2) is 8.76. The maximum atomic E-state index is 13.6. The monoisotopic (exact) mass is 477 g/mol. The summed E-state index contributed by atoms with van der Waals surface area (Å²) in [5.41, 5.74) is 1.30. The molecule has 0 radical (unpaired) electrons. The Balaban J connectivity index is 1.63. The summed E-state index contributed by atoms with van der Waals surface area (Å²) < 4.78 is 10.8. The minimum absolute atomic E-state index is 0.355. The van der Waals surface area contributed by atoms with E-state index in [9.17, 15) is 14.4 Å². The van der Waals surface area contributed by atoms with Gasteiger partial charge in [-0.25, -0.2) is 4.79 Å². The van der Waals surface area contributed by atoms with E-state index < -0.39 is 23.0 Å². The van der Waals surface area contributed by atoms with Crippen molar-refractivity contribution < 1.29 is 23.9 Å². The zero-order valence-corrected chi connectivity index (χ0v) is 21.0. The molecule has 0 aliphatic carbocycles. The molecule has 4 amide bonds. The third-order valence-electron chi connectivity index (χ3n) is 6.58. The number of carbonyl (C=O) groups excluding carboxylic acids is 3. The lowest BCUT2D eigenvalue weighted by molar-refractivity contribution is -0.134. The minimum Gasteiger partial charge on any atom is -0.497 e. The molecule has 0 aromatic heterocycles. The van der Waals surface area contributed by atoms with Crippen molar-refractivity contribution in [1.82, 2.24) is 10.2 Å². The summed E-state index contributed by atoms with van der Waals surface area (Å²) in [7, 11) is 1.56. The first-order valence-electron chi connectivity index (χ1n) is 11.6. The van der Waals surface area contributed by atoms with Gasteiger partial charge < -0.3 is 19.7 Å². The van der Waals surface area contributed by atoms with Crippen LogP contribution in [-0.2, 0) is 15.1 Å². The predicted molar refractivity (Wildman–Crippen MR) is 133 cm³/mol. The highest BCUT2D eigenvalue weighted by Gasteiger charge is 2.50. The Kier molecular flexibility index (Phi) is 6.09. The van der Waals surface area contributed by atoms with E-state index in [1.165, 1.54) is 0 Å². The maximum Gasteiger partial charge on any atom is 0.325 e. The molecule has 2 aliphatic rings. The highest BCUT2D eigenvalue weighted by molar-refractivity contribution is 6.11. The Morgan fingerprint density at radius 2 is 1.69 bits per heavy atom. The average Bonchev–Trinajstić information content (AvgIpc) is 3.03. The molecule has 1 unspecified atom stereocenters. The van der Waals surface area contributed by atoms with Crippen molar-refractivity contribution in [2.45, 2.75) is 45.7 Å². The summed E-state index contributed by atoms with van der Waals surface area (Å²) in [5.74, 6) is 0.527. The number of urea groups is 1. The maximum absolute atomic E-state index is 13.6. The number of allylic oxidation sites excluding steroid dienone is 1. The van der Waals surface area contributed by atoms with Crippen LogP contribution in [-0.4, -0.2) is 48.5 Å². The molecule has 2 aliphatic heterocycles. The summed E-state index contributed by atoms with van der Waals surface area (Å²) in [4.78, 5) is 42.5. The number of carbonyl (C=O) groups is 3. The van der Waals surface area contributed by atoms with Gasteiger partial charge in [-0.05, 0) is 76.1 Å². The van der Waals surface area contributed by atoms with E-state index in [1.54, 1.807) is 43.2 Å². The molecule has 2 aromatic rings. The van der Waals surface area contributed by atoms with E-state index in [2.05, 4.69) is 5.32 Å². The summed E-state index contributed by atoms with van der Waals surface area (Å²) in [6.07, 6.45) is 2.01. The van der Waals surface area contributed by atoms with Crippen molar-refractivity contribution >= 4 is 29.1 Å². The van der Waals surface area contributed by atoms with Gasteiger partial charge in [0.2, 0.25) is 5.91 Å². The SMILES string of the molecule is CCOc1ccc2c(c1)C(C)=CC(C)(C)N2C(=O)CN1C(=O)NC(C)(c2ccc(OC)cc2)C1=O. The van der Waals surface area contributed by atoms with Gasteiger partial charge in [-0.1, -0.05) is 18.2 Å². The number of anilines is 1. The number of amides is 4. The Morgan fingerprint density at radius 3 is 2.31 bits per heavy atom. The van der Waals surface area contributed by atoms with Crippen LogP contribution in [0.3, 0.4) is 0 Å². The van der Waals surface area contributed by atoms with Gasteiger partial charge in [-0.3, -0.25) is 14.5 Å². The minimum atomic E-state index is -1.28. The topological polar surface area (TPSA) is 88.2 Å². The molecule has 2 aromatic carbocycles. The fourth-order valence-corrected chi connectivity index (χ4v) is 4.89. The summed E-state index contributed by atoms with van der Waals surface area (Å²) in [6.45, 7) is 9.58. The van der Waals surface area contributed by atoms with Gasteiger partial charge in [0.05, 0.1) is 24.9 Å². The van der Waals surface area contributed by atoms with Crippen molar-refractivity contribution in [3.8, 4) is 11.5 Å². The van der Waals surface area contributed by atoms with E-state index in [0.29, 0.717) is 23.6 Å². The highest BCUT2D eigenvalue weighted by Crippen LogP contribution is 2.41. The van der Waals surface area contributed by atoms with Gasteiger partial charge in [-0.2, -0.15) is 0 Å². The third kappa shape index (κ3) is 4.13. The first kappa shape index (κ1) is 24.3. The van der Waals surface area contributed by atoms with E-state index in [1.807, 2.05) is 52.0 Å². The number of hydrogen-bond acceptors (Lipinski definition) is 5. The number of fused-ring (bicyclic) bond motifs is 1. The van der Waals surface area contributed by atoms with Crippen molar-refractivity contribution in [2.75, 3.05) is 25.2 Å². The third-order valence-corrected chi connectivity index (χ3v) is 6.58. The van der Waals surface area contributed by atoms with Gasteiger partial charge in [0.25, 0.3) is 5.91 Å². The Labute approximate surface area is 205 Å².